The van der Waals surface area contributed by atoms with E-state index in [4.69, 9.17) is 12.2 Å². The second-order valence-electron chi connectivity index (χ2n) is 5.17. The fourth-order valence-electron chi connectivity index (χ4n) is 2.12. The van der Waals surface area contributed by atoms with Crippen LogP contribution >= 0.6 is 12.2 Å². The van der Waals surface area contributed by atoms with Gasteiger partial charge in [-0.05, 0) is 37.2 Å². The van der Waals surface area contributed by atoms with Crippen molar-refractivity contribution in [3.8, 4) is 0 Å². The van der Waals surface area contributed by atoms with E-state index in [0.717, 1.165) is 29.7 Å². The van der Waals surface area contributed by atoms with Gasteiger partial charge in [-0.3, -0.25) is 15.6 Å². The lowest BCUT2D eigenvalue weighted by Gasteiger charge is -2.10. The number of hydrazine groups is 1. The number of aromatic nitrogens is 2. The first kappa shape index (κ1) is 13.8. The largest absolute Gasteiger partial charge is 0.359 e. The van der Waals surface area contributed by atoms with E-state index in [1.165, 1.54) is 0 Å². The quantitative estimate of drug-likeness (QED) is 0.577. The van der Waals surface area contributed by atoms with Gasteiger partial charge in [0.15, 0.2) is 5.11 Å². The molecule has 1 heterocycles. The molecule has 0 aliphatic heterocycles. The van der Waals surface area contributed by atoms with Crippen LogP contribution in [0.25, 0.3) is 11.0 Å². The maximum atomic E-state index is 11.9. The number of hydrogen-bond donors (Lipinski definition) is 3. The highest BCUT2D eigenvalue weighted by atomic mass is 32.1. The number of thiocarbonyl (C=S) groups is 1. The first-order valence-corrected chi connectivity index (χ1v) is 7.30. The second kappa shape index (κ2) is 5.69. The SMILES string of the molecule is Cn1c(CC(=O)NNC(=S)NC2CC2)nc2ccccc21. The van der Waals surface area contributed by atoms with Crippen LogP contribution in [0, 0.1) is 0 Å². The maximum Gasteiger partial charge on any atom is 0.245 e. The van der Waals surface area contributed by atoms with E-state index in [0.29, 0.717) is 11.2 Å². The summed E-state index contributed by atoms with van der Waals surface area (Å²) in [5.74, 6) is 0.546. The molecule has 110 valence electrons. The van der Waals surface area contributed by atoms with E-state index in [1.807, 2.05) is 35.9 Å². The second-order valence-corrected chi connectivity index (χ2v) is 5.58. The number of amides is 1. The molecule has 7 heteroatoms. The van der Waals surface area contributed by atoms with Crippen molar-refractivity contribution in [1.29, 1.82) is 0 Å². The molecule has 21 heavy (non-hydrogen) atoms. The number of carbonyl (C=O) groups excluding carboxylic acids is 1. The molecule has 2 aromatic rings. The van der Waals surface area contributed by atoms with E-state index in [-0.39, 0.29) is 12.3 Å². The van der Waals surface area contributed by atoms with E-state index in [1.54, 1.807) is 0 Å². The first-order valence-electron chi connectivity index (χ1n) is 6.89. The summed E-state index contributed by atoms with van der Waals surface area (Å²) in [6.07, 6.45) is 2.47. The summed E-state index contributed by atoms with van der Waals surface area (Å²) < 4.78 is 1.93. The Kier molecular flexibility index (Phi) is 3.74. The highest BCUT2D eigenvalue weighted by Gasteiger charge is 2.21. The minimum Gasteiger partial charge on any atom is -0.359 e. The third-order valence-electron chi connectivity index (χ3n) is 3.43. The fourth-order valence-corrected chi connectivity index (χ4v) is 2.33. The standard InChI is InChI=1S/C14H17N5OS/c1-19-11-5-3-2-4-10(11)16-12(19)8-13(20)17-18-14(21)15-9-6-7-9/h2-5,9H,6-8H2,1H3,(H,17,20)(H2,15,18,21). The number of fused-ring (bicyclic) bond motifs is 1. The van der Waals surface area contributed by atoms with Crippen LogP contribution in [0.15, 0.2) is 24.3 Å². The van der Waals surface area contributed by atoms with Crippen LogP contribution in [0.4, 0.5) is 0 Å². The molecule has 1 aromatic heterocycles. The van der Waals surface area contributed by atoms with Crippen LogP contribution in [-0.4, -0.2) is 26.6 Å². The van der Waals surface area contributed by atoms with Gasteiger partial charge < -0.3 is 9.88 Å². The van der Waals surface area contributed by atoms with Crippen LogP contribution in [0.1, 0.15) is 18.7 Å². The molecule has 1 aromatic carbocycles. The van der Waals surface area contributed by atoms with Crippen molar-refractivity contribution < 1.29 is 4.79 Å². The summed E-state index contributed by atoms with van der Waals surface area (Å²) in [5.41, 5.74) is 7.20. The number of imidazole rings is 1. The highest BCUT2D eigenvalue weighted by Crippen LogP contribution is 2.18. The molecule has 1 aliphatic carbocycles. The van der Waals surface area contributed by atoms with E-state index in [2.05, 4.69) is 21.2 Å². The lowest BCUT2D eigenvalue weighted by Crippen LogP contribution is -2.48. The molecule has 0 unspecified atom stereocenters. The van der Waals surface area contributed by atoms with Gasteiger partial charge in [-0.1, -0.05) is 12.1 Å². The number of rotatable bonds is 3. The topological polar surface area (TPSA) is 71.0 Å². The predicted molar refractivity (Wildman–Crippen MR) is 84.5 cm³/mol. The van der Waals surface area contributed by atoms with Crippen LogP contribution < -0.4 is 16.2 Å². The van der Waals surface area contributed by atoms with Gasteiger partial charge >= 0.3 is 0 Å². The normalized spacial score (nSPS) is 14.0. The van der Waals surface area contributed by atoms with E-state index < -0.39 is 0 Å². The Morgan fingerprint density at radius 1 is 1.38 bits per heavy atom. The number of nitrogens with one attached hydrogen (secondary N) is 3. The Morgan fingerprint density at radius 2 is 2.14 bits per heavy atom. The van der Waals surface area contributed by atoms with Gasteiger partial charge in [-0.2, -0.15) is 0 Å². The Labute approximate surface area is 127 Å². The fraction of sp³-hybridized carbons (Fsp3) is 0.357. The van der Waals surface area contributed by atoms with Crippen molar-refractivity contribution in [2.45, 2.75) is 25.3 Å². The summed E-state index contributed by atoms with van der Waals surface area (Å²) in [5, 5.41) is 3.55. The van der Waals surface area contributed by atoms with Crippen LogP contribution in [-0.2, 0) is 18.3 Å². The molecule has 3 rings (SSSR count). The molecule has 0 atom stereocenters. The van der Waals surface area contributed by atoms with Crippen molar-refractivity contribution in [3.63, 3.8) is 0 Å². The van der Waals surface area contributed by atoms with Crippen molar-refractivity contribution in [2.24, 2.45) is 7.05 Å². The van der Waals surface area contributed by atoms with Crippen LogP contribution in [0.3, 0.4) is 0 Å². The van der Waals surface area contributed by atoms with Crippen molar-refractivity contribution in [3.05, 3.63) is 30.1 Å². The zero-order chi connectivity index (χ0) is 14.8. The minimum atomic E-state index is -0.173. The van der Waals surface area contributed by atoms with Crippen molar-refractivity contribution in [2.75, 3.05) is 0 Å². The predicted octanol–water partition coefficient (Wildman–Crippen LogP) is 0.774. The molecule has 0 spiro atoms. The lowest BCUT2D eigenvalue weighted by atomic mass is 10.3. The van der Waals surface area contributed by atoms with Crippen molar-refractivity contribution >= 4 is 34.3 Å². The molecular weight excluding hydrogens is 286 g/mol. The zero-order valence-corrected chi connectivity index (χ0v) is 12.5. The average Bonchev–Trinajstić information content (AvgIpc) is 3.23. The number of benzene rings is 1. The maximum absolute atomic E-state index is 11.9. The Balaban J connectivity index is 1.58. The highest BCUT2D eigenvalue weighted by molar-refractivity contribution is 7.80. The summed E-state index contributed by atoms with van der Waals surface area (Å²) in [6.45, 7) is 0. The zero-order valence-electron chi connectivity index (χ0n) is 11.7. The van der Waals surface area contributed by atoms with Gasteiger partial charge in [0, 0.05) is 13.1 Å². The van der Waals surface area contributed by atoms with Gasteiger partial charge in [0.2, 0.25) is 5.91 Å². The first-order chi connectivity index (χ1) is 10.1. The smallest absolute Gasteiger partial charge is 0.245 e. The van der Waals surface area contributed by atoms with Crippen LogP contribution in [0.2, 0.25) is 0 Å². The summed E-state index contributed by atoms with van der Waals surface area (Å²) in [6, 6.07) is 8.27. The van der Waals surface area contributed by atoms with Gasteiger partial charge in [0.25, 0.3) is 0 Å². The third-order valence-corrected chi connectivity index (χ3v) is 3.65. The number of carbonyl (C=O) groups is 1. The molecule has 0 bridgehead atoms. The third kappa shape index (κ3) is 3.30. The van der Waals surface area contributed by atoms with E-state index in [9.17, 15) is 4.79 Å². The van der Waals surface area contributed by atoms with Gasteiger partial charge in [-0.15, -0.1) is 0 Å². The molecule has 6 nitrogen and oxygen atoms in total. The van der Waals surface area contributed by atoms with Crippen LogP contribution in [0.5, 0.6) is 0 Å². The van der Waals surface area contributed by atoms with Gasteiger partial charge in [0.1, 0.15) is 5.82 Å². The summed E-state index contributed by atoms with van der Waals surface area (Å²) >= 11 is 5.07. The molecule has 3 N–H and O–H groups in total. The number of nitrogens with zero attached hydrogens (tertiary/aromatic N) is 2. The molecule has 0 radical (unpaired) electrons. The molecule has 1 amide bonds. The number of hydrogen-bond acceptors (Lipinski definition) is 3. The Bertz CT molecular complexity index is 692. The Morgan fingerprint density at radius 3 is 2.86 bits per heavy atom. The summed E-state index contributed by atoms with van der Waals surface area (Å²) in [7, 11) is 1.91. The van der Waals surface area contributed by atoms with Gasteiger partial charge in [0.05, 0.1) is 17.5 Å². The number of para-hydroxylation sites is 2. The molecule has 0 saturated heterocycles. The molecule has 1 fully saturated rings. The average molecular weight is 303 g/mol. The van der Waals surface area contributed by atoms with E-state index >= 15 is 0 Å². The summed E-state index contributed by atoms with van der Waals surface area (Å²) in [4.78, 5) is 16.4. The molecule has 1 aliphatic rings. The number of aryl methyl sites for hydroxylation is 1. The molecular formula is C14H17N5OS. The molecule has 1 saturated carbocycles. The monoisotopic (exact) mass is 303 g/mol. The van der Waals surface area contributed by atoms with Crippen molar-refractivity contribution in [1.82, 2.24) is 25.7 Å². The minimum absolute atomic E-state index is 0.173. The Hall–Kier alpha value is -2.15. The van der Waals surface area contributed by atoms with Gasteiger partial charge in [-0.25, -0.2) is 4.98 Å². The lowest BCUT2D eigenvalue weighted by molar-refractivity contribution is -0.121.